The first-order chi connectivity index (χ1) is 13.1. The van der Waals surface area contributed by atoms with Crippen LogP contribution in [0.3, 0.4) is 0 Å². The number of rotatable bonds is 3. The SMILES string of the molecule is CC(Cc1coc2nc(N)nc(N)c12)C1c2ccccc2-c2ccccc21. The van der Waals surface area contributed by atoms with Crippen LogP contribution in [0.5, 0.6) is 0 Å². The zero-order chi connectivity index (χ0) is 18.5. The molecule has 2 aromatic heterocycles. The van der Waals surface area contributed by atoms with Crippen LogP contribution in [0.25, 0.3) is 22.2 Å². The second-order valence-electron chi connectivity index (χ2n) is 7.24. The maximum atomic E-state index is 6.09. The number of anilines is 2. The summed E-state index contributed by atoms with van der Waals surface area (Å²) in [4.78, 5) is 8.25. The van der Waals surface area contributed by atoms with Crippen molar-refractivity contribution in [3.05, 3.63) is 71.5 Å². The molecule has 134 valence electrons. The maximum absolute atomic E-state index is 6.09. The third kappa shape index (κ3) is 2.39. The molecule has 0 saturated heterocycles. The molecule has 2 aromatic carbocycles. The molecule has 4 aromatic rings. The van der Waals surface area contributed by atoms with Crippen LogP contribution in [-0.4, -0.2) is 9.97 Å². The highest BCUT2D eigenvalue weighted by Gasteiger charge is 2.32. The lowest BCUT2D eigenvalue weighted by molar-refractivity contribution is 0.511. The summed E-state index contributed by atoms with van der Waals surface area (Å²) in [6, 6.07) is 17.3. The van der Waals surface area contributed by atoms with E-state index in [9.17, 15) is 0 Å². The van der Waals surface area contributed by atoms with Crippen LogP contribution in [0.1, 0.15) is 29.5 Å². The van der Waals surface area contributed by atoms with Crippen molar-refractivity contribution in [1.29, 1.82) is 0 Å². The number of fused-ring (bicyclic) bond motifs is 4. The highest BCUT2D eigenvalue weighted by molar-refractivity contribution is 5.88. The molecule has 0 fully saturated rings. The minimum Gasteiger partial charge on any atom is -0.446 e. The molecule has 5 rings (SSSR count). The molecule has 0 spiro atoms. The van der Waals surface area contributed by atoms with Gasteiger partial charge in [-0.3, -0.25) is 0 Å². The normalized spacial score (nSPS) is 14.3. The van der Waals surface area contributed by atoms with Crippen molar-refractivity contribution in [2.75, 3.05) is 11.5 Å². The molecule has 4 N–H and O–H groups in total. The van der Waals surface area contributed by atoms with Gasteiger partial charge in [0.1, 0.15) is 5.82 Å². The Balaban J connectivity index is 1.57. The molecule has 1 aliphatic carbocycles. The van der Waals surface area contributed by atoms with Crippen molar-refractivity contribution in [3.63, 3.8) is 0 Å². The van der Waals surface area contributed by atoms with E-state index in [4.69, 9.17) is 15.9 Å². The molecular weight excluding hydrogens is 336 g/mol. The molecule has 0 saturated carbocycles. The molecule has 1 unspecified atom stereocenters. The number of furan rings is 1. The predicted molar refractivity (Wildman–Crippen MR) is 107 cm³/mol. The van der Waals surface area contributed by atoms with Crippen molar-refractivity contribution in [1.82, 2.24) is 9.97 Å². The summed E-state index contributed by atoms with van der Waals surface area (Å²) in [6.07, 6.45) is 2.55. The Hall–Kier alpha value is -3.34. The highest BCUT2D eigenvalue weighted by atomic mass is 16.3. The van der Waals surface area contributed by atoms with E-state index in [0.29, 0.717) is 23.4 Å². The van der Waals surface area contributed by atoms with Gasteiger partial charge in [-0.15, -0.1) is 0 Å². The number of nitrogens with zero attached hydrogens (tertiary/aromatic N) is 2. The average Bonchev–Trinajstić information content (AvgIpc) is 3.20. The van der Waals surface area contributed by atoms with Gasteiger partial charge in [-0.25, -0.2) is 0 Å². The smallest absolute Gasteiger partial charge is 0.233 e. The Labute approximate surface area is 157 Å². The van der Waals surface area contributed by atoms with Crippen LogP contribution in [0.4, 0.5) is 11.8 Å². The fourth-order valence-corrected chi connectivity index (χ4v) is 4.47. The third-order valence-electron chi connectivity index (χ3n) is 5.55. The Morgan fingerprint density at radius 2 is 1.59 bits per heavy atom. The molecule has 0 amide bonds. The lowest BCUT2D eigenvalue weighted by Gasteiger charge is -2.21. The van der Waals surface area contributed by atoms with Gasteiger partial charge < -0.3 is 15.9 Å². The van der Waals surface area contributed by atoms with E-state index < -0.39 is 0 Å². The Morgan fingerprint density at radius 1 is 0.963 bits per heavy atom. The number of aromatic nitrogens is 2. The van der Waals surface area contributed by atoms with Gasteiger partial charge in [0.15, 0.2) is 0 Å². The monoisotopic (exact) mass is 356 g/mol. The topological polar surface area (TPSA) is 91.0 Å². The highest BCUT2D eigenvalue weighted by Crippen LogP contribution is 2.48. The summed E-state index contributed by atoms with van der Waals surface area (Å²) in [5.41, 5.74) is 18.7. The van der Waals surface area contributed by atoms with Gasteiger partial charge >= 0.3 is 0 Å². The van der Waals surface area contributed by atoms with Crippen LogP contribution in [0, 0.1) is 5.92 Å². The first kappa shape index (κ1) is 15.9. The van der Waals surface area contributed by atoms with Gasteiger partial charge in [0.05, 0.1) is 11.6 Å². The fourth-order valence-electron chi connectivity index (χ4n) is 4.47. The van der Waals surface area contributed by atoms with E-state index in [1.165, 1.54) is 22.3 Å². The van der Waals surface area contributed by atoms with E-state index in [2.05, 4.69) is 65.4 Å². The standard InChI is InChI=1S/C22H20N4O/c1-12(10-13-11-27-21-19(13)20(23)25-22(24)26-21)18-16-8-4-2-6-14(16)15-7-3-5-9-17(15)18/h2-9,11-12,18H,10H2,1H3,(H4,23,24,25,26). The van der Waals surface area contributed by atoms with Crippen molar-refractivity contribution >= 4 is 22.9 Å². The van der Waals surface area contributed by atoms with Gasteiger partial charge in [0, 0.05) is 11.5 Å². The molecule has 0 aliphatic heterocycles. The predicted octanol–water partition coefficient (Wildman–Crippen LogP) is 4.38. The van der Waals surface area contributed by atoms with Crippen LogP contribution >= 0.6 is 0 Å². The quantitative estimate of drug-likeness (QED) is 0.568. The molecule has 0 radical (unpaired) electrons. The number of hydrogen-bond donors (Lipinski definition) is 2. The van der Waals surface area contributed by atoms with Gasteiger partial charge in [-0.1, -0.05) is 55.5 Å². The lowest BCUT2D eigenvalue weighted by Crippen LogP contribution is -2.12. The zero-order valence-electron chi connectivity index (χ0n) is 15.0. The van der Waals surface area contributed by atoms with E-state index in [1.807, 2.05) is 0 Å². The molecular formula is C22H20N4O. The van der Waals surface area contributed by atoms with E-state index >= 15 is 0 Å². The van der Waals surface area contributed by atoms with Crippen LogP contribution in [0.15, 0.2) is 59.2 Å². The number of nitrogen functional groups attached to an aromatic ring is 2. The summed E-state index contributed by atoms with van der Waals surface area (Å²) in [6.45, 7) is 2.27. The Morgan fingerprint density at radius 3 is 2.26 bits per heavy atom. The van der Waals surface area contributed by atoms with Crippen molar-refractivity contribution in [2.45, 2.75) is 19.3 Å². The largest absolute Gasteiger partial charge is 0.446 e. The van der Waals surface area contributed by atoms with Gasteiger partial charge in [-0.2, -0.15) is 9.97 Å². The van der Waals surface area contributed by atoms with E-state index in [-0.39, 0.29) is 5.95 Å². The fraction of sp³-hybridized carbons (Fsp3) is 0.182. The molecule has 27 heavy (non-hydrogen) atoms. The molecule has 5 heteroatoms. The summed E-state index contributed by atoms with van der Waals surface area (Å²) in [5.74, 6) is 1.19. The lowest BCUT2D eigenvalue weighted by atomic mass is 9.82. The van der Waals surface area contributed by atoms with Gasteiger partial charge in [0.25, 0.3) is 0 Å². The second kappa shape index (κ2) is 5.84. The van der Waals surface area contributed by atoms with Crippen LogP contribution in [0.2, 0.25) is 0 Å². The minimum atomic E-state index is 0.132. The molecule has 1 aliphatic rings. The van der Waals surface area contributed by atoms with E-state index in [1.54, 1.807) is 6.26 Å². The minimum absolute atomic E-state index is 0.132. The Bertz CT molecular complexity index is 1120. The molecule has 0 bridgehead atoms. The van der Waals surface area contributed by atoms with E-state index in [0.717, 1.165) is 17.4 Å². The molecule has 1 atom stereocenters. The van der Waals surface area contributed by atoms with Crippen molar-refractivity contribution in [2.24, 2.45) is 5.92 Å². The van der Waals surface area contributed by atoms with Crippen molar-refractivity contribution in [3.8, 4) is 11.1 Å². The summed E-state index contributed by atoms with van der Waals surface area (Å²) in [5, 5.41) is 0.774. The Kier molecular flexibility index (Phi) is 3.44. The average molecular weight is 356 g/mol. The summed E-state index contributed by atoms with van der Waals surface area (Å²) < 4.78 is 5.60. The van der Waals surface area contributed by atoms with Gasteiger partial charge in [-0.05, 0) is 34.6 Å². The summed E-state index contributed by atoms with van der Waals surface area (Å²) in [7, 11) is 0. The first-order valence-corrected chi connectivity index (χ1v) is 9.10. The van der Waals surface area contributed by atoms with Crippen molar-refractivity contribution < 1.29 is 4.42 Å². The number of hydrogen-bond acceptors (Lipinski definition) is 5. The number of nitrogens with two attached hydrogens (primary N) is 2. The van der Waals surface area contributed by atoms with Crippen LogP contribution in [-0.2, 0) is 6.42 Å². The van der Waals surface area contributed by atoms with Crippen LogP contribution < -0.4 is 11.5 Å². The summed E-state index contributed by atoms with van der Waals surface area (Å²) >= 11 is 0. The third-order valence-corrected chi connectivity index (χ3v) is 5.55. The first-order valence-electron chi connectivity index (χ1n) is 9.10. The maximum Gasteiger partial charge on any atom is 0.233 e. The van der Waals surface area contributed by atoms with Gasteiger partial charge in [0.2, 0.25) is 11.7 Å². The zero-order valence-corrected chi connectivity index (χ0v) is 15.0. The number of benzene rings is 2. The second-order valence-corrected chi connectivity index (χ2v) is 7.24. The molecule has 2 heterocycles. The molecule has 5 nitrogen and oxygen atoms in total.